The molecule has 0 aliphatic heterocycles. The summed E-state index contributed by atoms with van der Waals surface area (Å²) in [4.78, 5) is 4.58. The molecule has 0 saturated carbocycles. The fourth-order valence-electron chi connectivity index (χ4n) is 2.29. The third kappa shape index (κ3) is 4.00. The van der Waals surface area contributed by atoms with Crippen LogP contribution in [0.25, 0.3) is 22.4 Å². The molecule has 2 aromatic carbocycles. The Morgan fingerprint density at radius 2 is 1.75 bits per heavy atom. The topological polar surface area (TPSA) is 48.4 Å². The Kier molecular flexibility index (Phi) is 5.27. The van der Waals surface area contributed by atoms with Crippen LogP contribution in [0, 0.1) is 0 Å². The summed E-state index contributed by atoms with van der Waals surface area (Å²) in [6.45, 7) is 0. The number of fused-ring (bicyclic) bond motifs is 1. The summed E-state index contributed by atoms with van der Waals surface area (Å²) >= 11 is 1.67. The Morgan fingerprint density at radius 1 is 1.04 bits per heavy atom. The highest BCUT2D eigenvalue weighted by atomic mass is 32.1. The van der Waals surface area contributed by atoms with Crippen LogP contribution in [0.3, 0.4) is 0 Å². The van der Waals surface area contributed by atoms with Crippen molar-refractivity contribution in [3.8, 4) is 0 Å². The van der Waals surface area contributed by atoms with Crippen molar-refractivity contribution >= 4 is 41.3 Å². The predicted octanol–water partition coefficient (Wildman–Crippen LogP) is 5.45. The van der Waals surface area contributed by atoms with Crippen LogP contribution in [0.4, 0.5) is 0 Å². The summed E-state index contributed by atoms with van der Waals surface area (Å²) in [6.07, 6.45) is 4.30. The lowest BCUT2D eigenvalue weighted by Gasteiger charge is -2.13. The molecule has 0 saturated heterocycles. The van der Waals surface area contributed by atoms with E-state index in [1.165, 1.54) is 18.9 Å². The molecule has 1 heterocycles. The number of para-hydroxylation sites is 1. The van der Waals surface area contributed by atoms with Crippen molar-refractivity contribution in [1.82, 2.24) is 4.98 Å². The molecule has 0 N–H and O–H groups in total. The average Bonchev–Trinajstić information content (AvgIpc) is 3.04. The second-order valence-electron chi connectivity index (χ2n) is 5.23. The summed E-state index contributed by atoms with van der Waals surface area (Å²) in [5, 5.41) is 0.976. The maximum absolute atomic E-state index is 12.1. The highest BCUT2D eigenvalue weighted by molar-refractivity contribution is 7.52. The van der Waals surface area contributed by atoms with Crippen LogP contribution in [0.1, 0.15) is 16.1 Å². The van der Waals surface area contributed by atoms with E-state index < -0.39 is 7.60 Å². The molecule has 124 valence electrons. The molecule has 1 aromatic heterocycles. The van der Waals surface area contributed by atoms with Crippen LogP contribution < -0.4 is 0 Å². The zero-order valence-corrected chi connectivity index (χ0v) is 15.2. The molecule has 6 heteroatoms. The number of nitrogens with zero attached hydrogens (tertiary/aromatic N) is 1. The number of hydrogen-bond acceptors (Lipinski definition) is 5. The molecular weight excluding hydrogens is 341 g/mol. The molecule has 3 rings (SSSR count). The molecule has 0 spiro atoms. The summed E-state index contributed by atoms with van der Waals surface area (Å²) in [7, 11) is -0.220. The fourth-order valence-corrected chi connectivity index (χ4v) is 4.23. The molecule has 0 aliphatic rings. The van der Waals surface area contributed by atoms with Gasteiger partial charge in [-0.25, -0.2) is 4.98 Å². The van der Waals surface area contributed by atoms with Crippen molar-refractivity contribution in [2.45, 2.75) is 6.16 Å². The Hall–Kier alpha value is -1.78. The largest absolute Gasteiger partial charge is 0.334 e. The standard InChI is InChI=1S/C18H18NO3PS/c1-21-23(20,22-2)13-15-9-7-14(8-10-15)11-12-18-19-16-5-3-4-6-17(16)24-18/h3-12H,13H2,1-2H3. The van der Waals surface area contributed by atoms with Gasteiger partial charge < -0.3 is 9.05 Å². The van der Waals surface area contributed by atoms with Gasteiger partial charge in [-0.2, -0.15) is 0 Å². The molecule has 0 atom stereocenters. The number of aromatic nitrogens is 1. The second kappa shape index (κ2) is 7.41. The zero-order chi connectivity index (χ0) is 17.0. The first-order chi connectivity index (χ1) is 11.6. The van der Waals surface area contributed by atoms with Crippen LogP contribution in [-0.2, 0) is 19.8 Å². The number of thiazole rings is 1. The first kappa shape index (κ1) is 17.1. The third-order valence-electron chi connectivity index (χ3n) is 3.64. The molecule has 0 unspecified atom stereocenters. The molecule has 4 nitrogen and oxygen atoms in total. The summed E-state index contributed by atoms with van der Waals surface area (Å²) < 4.78 is 23.3. The van der Waals surface area contributed by atoms with Gasteiger partial charge in [-0.3, -0.25) is 4.57 Å². The number of benzene rings is 2. The Morgan fingerprint density at radius 3 is 2.42 bits per heavy atom. The van der Waals surface area contributed by atoms with Crippen molar-refractivity contribution in [2.24, 2.45) is 0 Å². The molecule has 0 bridgehead atoms. The quantitative estimate of drug-likeness (QED) is 0.549. The smallest absolute Gasteiger partial charge is 0.312 e. The highest BCUT2D eigenvalue weighted by Gasteiger charge is 2.21. The fraction of sp³-hybridized carbons (Fsp3) is 0.167. The Bertz CT molecular complexity index is 861. The van der Waals surface area contributed by atoms with Gasteiger partial charge in [-0.15, -0.1) is 11.3 Å². The van der Waals surface area contributed by atoms with E-state index in [0.717, 1.165) is 21.7 Å². The minimum Gasteiger partial charge on any atom is -0.312 e. The molecule has 3 aromatic rings. The molecule has 24 heavy (non-hydrogen) atoms. The van der Waals surface area contributed by atoms with Gasteiger partial charge in [-0.1, -0.05) is 42.5 Å². The van der Waals surface area contributed by atoms with Crippen molar-refractivity contribution in [2.75, 3.05) is 14.2 Å². The maximum Gasteiger partial charge on any atom is 0.334 e. The maximum atomic E-state index is 12.1. The van der Waals surface area contributed by atoms with E-state index in [1.54, 1.807) is 11.3 Å². The summed E-state index contributed by atoms with van der Waals surface area (Å²) in [5.74, 6) is 0. The first-order valence-corrected chi connectivity index (χ1v) is 9.99. The summed E-state index contributed by atoms with van der Waals surface area (Å²) in [5.41, 5.74) is 2.99. The SMILES string of the molecule is COP(=O)(Cc1ccc(C=Cc2nc3ccccc3s2)cc1)OC. The van der Waals surface area contributed by atoms with Gasteiger partial charge in [0.2, 0.25) is 0 Å². The minimum absolute atomic E-state index is 0.266. The van der Waals surface area contributed by atoms with Crippen molar-refractivity contribution in [3.05, 3.63) is 64.7 Å². The lowest BCUT2D eigenvalue weighted by Crippen LogP contribution is -1.93. The van der Waals surface area contributed by atoms with Gasteiger partial charge in [0.1, 0.15) is 5.01 Å². The zero-order valence-electron chi connectivity index (χ0n) is 13.5. The number of rotatable bonds is 6. The molecule has 0 aliphatic carbocycles. The Labute approximate surface area is 145 Å². The van der Waals surface area contributed by atoms with Crippen molar-refractivity contribution in [1.29, 1.82) is 0 Å². The van der Waals surface area contributed by atoms with E-state index in [4.69, 9.17) is 9.05 Å². The first-order valence-electron chi connectivity index (χ1n) is 7.45. The highest BCUT2D eigenvalue weighted by Crippen LogP contribution is 2.49. The van der Waals surface area contributed by atoms with Crippen LogP contribution in [0.15, 0.2) is 48.5 Å². The van der Waals surface area contributed by atoms with Gasteiger partial charge in [0.15, 0.2) is 0 Å². The Balaban J connectivity index is 1.72. The predicted molar refractivity (Wildman–Crippen MR) is 100 cm³/mol. The van der Waals surface area contributed by atoms with E-state index >= 15 is 0 Å². The normalized spacial score (nSPS) is 12.2. The average molecular weight is 359 g/mol. The van der Waals surface area contributed by atoms with E-state index in [0.29, 0.717) is 0 Å². The van der Waals surface area contributed by atoms with E-state index in [9.17, 15) is 4.57 Å². The van der Waals surface area contributed by atoms with Gasteiger partial charge >= 0.3 is 7.60 Å². The summed E-state index contributed by atoms with van der Waals surface area (Å²) in [6, 6.07) is 15.9. The van der Waals surface area contributed by atoms with E-state index in [1.807, 2.05) is 54.6 Å². The van der Waals surface area contributed by atoms with Crippen LogP contribution in [0.5, 0.6) is 0 Å². The molecule has 0 radical (unpaired) electrons. The van der Waals surface area contributed by atoms with Crippen LogP contribution in [-0.4, -0.2) is 19.2 Å². The molecule has 0 amide bonds. The van der Waals surface area contributed by atoms with Crippen molar-refractivity contribution in [3.63, 3.8) is 0 Å². The number of hydrogen-bond donors (Lipinski definition) is 0. The van der Waals surface area contributed by atoms with Gasteiger partial charge in [0.25, 0.3) is 0 Å². The van der Waals surface area contributed by atoms with Crippen LogP contribution >= 0.6 is 18.9 Å². The molecular formula is C18H18NO3PS. The minimum atomic E-state index is -3.02. The second-order valence-corrected chi connectivity index (χ2v) is 8.56. The monoisotopic (exact) mass is 359 g/mol. The van der Waals surface area contributed by atoms with Crippen molar-refractivity contribution < 1.29 is 13.6 Å². The third-order valence-corrected chi connectivity index (χ3v) is 6.51. The lowest BCUT2D eigenvalue weighted by molar-refractivity contribution is 0.275. The lowest BCUT2D eigenvalue weighted by atomic mass is 10.1. The van der Waals surface area contributed by atoms with E-state index in [2.05, 4.69) is 11.1 Å². The van der Waals surface area contributed by atoms with Gasteiger partial charge in [0.05, 0.1) is 16.4 Å². The van der Waals surface area contributed by atoms with Gasteiger partial charge in [0, 0.05) is 14.2 Å². The molecule has 0 fully saturated rings. The van der Waals surface area contributed by atoms with Gasteiger partial charge in [-0.05, 0) is 29.3 Å². The van der Waals surface area contributed by atoms with E-state index in [-0.39, 0.29) is 6.16 Å². The van der Waals surface area contributed by atoms with Crippen LogP contribution in [0.2, 0.25) is 0 Å².